The summed E-state index contributed by atoms with van der Waals surface area (Å²) in [6, 6.07) is 13.5. The summed E-state index contributed by atoms with van der Waals surface area (Å²) in [5.41, 5.74) is 0.417. The van der Waals surface area contributed by atoms with E-state index in [1.807, 2.05) is 0 Å². The van der Waals surface area contributed by atoms with Crippen molar-refractivity contribution in [3.05, 3.63) is 66.0 Å². The molecule has 6 nitrogen and oxygen atoms in total. The fraction of sp³-hybridized carbons (Fsp3) is 0.333. The Morgan fingerprint density at radius 3 is 2.24 bits per heavy atom. The first-order chi connectivity index (χ1) is 13.9. The van der Waals surface area contributed by atoms with Crippen LogP contribution in [0.25, 0.3) is 0 Å². The largest absolute Gasteiger partial charge is 0.355 e. The van der Waals surface area contributed by atoms with Gasteiger partial charge in [-0.05, 0) is 49.2 Å². The summed E-state index contributed by atoms with van der Waals surface area (Å²) in [6.45, 7) is 0.901. The molecule has 0 bridgehead atoms. The van der Waals surface area contributed by atoms with Gasteiger partial charge >= 0.3 is 0 Å². The minimum absolute atomic E-state index is 0.0464. The molecule has 0 unspecified atom stereocenters. The van der Waals surface area contributed by atoms with Crippen LogP contribution >= 0.6 is 0 Å². The van der Waals surface area contributed by atoms with Crippen LogP contribution in [0.3, 0.4) is 0 Å². The Morgan fingerprint density at radius 2 is 1.62 bits per heavy atom. The molecule has 0 aliphatic carbocycles. The topological polar surface area (TPSA) is 83.6 Å². The van der Waals surface area contributed by atoms with Crippen LogP contribution in [0, 0.1) is 11.7 Å². The van der Waals surface area contributed by atoms with Crippen LogP contribution in [0.2, 0.25) is 0 Å². The first-order valence-corrected chi connectivity index (χ1v) is 11.1. The maximum atomic E-state index is 13.0. The van der Waals surface area contributed by atoms with Gasteiger partial charge in [-0.25, -0.2) is 12.8 Å². The molecule has 154 valence electrons. The van der Waals surface area contributed by atoms with Gasteiger partial charge < -0.3 is 10.2 Å². The molecule has 0 atom stereocenters. The third-order valence-electron chi connectivity index (χ3n) is 5.02. The van der Waals surface area contributed by atoms with Crippen LogP contribution in [-0.4, -0.2) is 50.5 Å². The van der Waals surface area contributed by atoms with Gasteiger partial charge in [0.1, 0.15) is 5.82 Å². The predicted octanol–water partition coefficient (Wildman–Crippen LogP) is 2.27. The Balaban J connectivity index is 1.45. The molecule has 0 aromatic heterocycles. The highest BCUT2D eigenvalue weighted by atomic mass is 32.2. The van der Waals surface area contributed by atoms with Crippen molar-refractivity contribution in [3.8, 4) is 0 Å². The molecule has 1 aliphatic heterocycles. The molecule has 0 spiro atoms. The lowest BCUT2D eigenvalue weighted by molar-refractivity contribution is -0.126. The highest BCUT2D eigenvalue weighted by Gasteiger charge is 2.28. The number of nitrogens with one attached hydrogen (secondary N) is 1. The number of carbonyl (C=O) groups excluding carboxylic acids is 2. The second-order valence-electron chi connectivity index (χ2n) is 7.00. The third-order valence-corrected chi connectivity index (χ3v) is 6.75. The lowest BCUT2D eigenvalue weighted by atomic mass is 9.95. The zero-order chi connectivity index (χ0) is 20.9. The van der Waals surface area contributed by atoms with E-state index in [4.69, 9.17) is 0 Å². The number of benzene rings is 2. The van der Waals surface area contributed by atoms with Gasteiger partial charge in [-0.15, -0.1) is 0 Å². The van der Waals surface area contributed by atoms with Crippen LogP contribution < -0.4 is 5.32 Å². The normalized spacial score (nSPS) is 15.1. The molecule has 1 heterocycles. The van der Waals surface area contributed by atoms with Crippen molar-refractivity contribution in [2.24, 2.45) is 5.92 Å². The number of hydrogen-bond acceptors (Lipinski definition) is 4. The van der Waals surface area contributed by atoms with Crippen molar-refractivity contribution >= 4 is 21.7 Å². The van der Waals surface area contributed by atoms with E-state index in [2.05, 4.69) is 5.32 Å². The van der Waals surface area contributed by atoms with E-state index in [9.17, 15) is 22.4 Å². The molecule has 2 aromatic carbocycles. The minimum Gasteiger partial charge on any atom is -0.355 e. The number of nitrogens with zero attached hydrogens (tertiary/aromatic N) is 1. The van der Waals surface area contributed by atoms with E-state index in [1.54, 1.807) is 23.1 Å². The van der Waals surface area contributed by atoms with E-state index < -0.39 is 15.7 Å². The summed E-state index contributed by atoms with van der Waals surface area (Å²) in [7, 11) is -3.43. The van der Waals surface area contributed by atoms with Crippen molar-refractivity contribution in [1.29, 1.82) is 0 Å². The van der Waals surface area contributed by atoms with Gasteiger partial charge in [-0.3, -0.25) is 9.59 Å². The molecule has 2 aromatic rings. The summed E-state index contributed by atoms with van der Waals surface area (Å²) < 4.78 is 37.5. The van der Waals surface area contributed by atoms with Crippen molar-refractivity contribution in [1.82, 2.24) is 10.2 Å². The van der Waals surface area contributed by atoms with Gasteiger partial charge in [0.15, 0.2) is 9.84 Å². The van der Waals surface area contributed by atoms with Gasteiger partial charge in [0.05, 0.1) is 10.6 Å². The van der Waals surface area contributed by atoms with Gasteiger partial charge in [0.25, 0.3) is 5.91 Å². The summed E-state index contributed by atoms with van der Waals surface area (Å²) in [6.07, 6.45) is 1.01. The monoisotopic (exact) mass is 418 g/mol. The first-order valence-electron chi connectivity index (χ1n) is 9.47. The van der Waals surface area contributed by atoms with E-state index in [0.717, 1.165) is 0 Å². The van der Waals surface area contributed by atoms with E-state index in [-0.39, 0.29) is 34.9 Å². The van der Waals surface area contributed by atoms with Crippen molar-refractivity contribution in [2.45, 2.75) is 17.7 Å². The van der Waals surface area contributed by atoms with Crippen molar-refractivity contribution < 1.29 is 22.4 Å². The molecular formula is C21H23FN2O4S. The quantitative estimate of drug-likeness (QED) is 0.780. The zero-order valence-electron chi connectivity index (χ0n) is 15.9. The van der Waals surface area contributed by atoms with Gasteiger partial charge in [0.2, 0.25) is 5.91 Å². The standard InChI is InChI=1S/C21H23FN2O4S/c22-18-8-6-17(7-9-18)21(26)24-13-10-16(11-14-24)20(25)23-12-15-29(27,28)19-4-2-1-3-5-19/h1-9,16H,10-15H2,(H,23,25). The van der Waals surface area contributed by atoms with Crippen LogP contribution in [0.15, 0.2) is 59.5 Å². The molecule has 2 amide bonds. The summed E-state index contributed by atoms with van der Waals surface area (Å²) in [5.74, 6) is -1.19. The predicted molar refractivity (Wildman–Crippen MR) is 107 cm³/mol. The van der Waals surface area contributed by atoms with Crippen molar-refractivity contribution in [2.75, 3.05) is 25.4 Å². The Hall–Kier alpha value is -2.74. The number of carbonyl (C=O) groups is 2. The SMILES string of the molecule is O=C(NCCS(=O)(=O)c1ccccc1)C1CCN(C(=O)c2ccc(F)cc2)CC1. The molecule has 1 fully saturated rings. The zero-order valence-corrected chi connectivity index (χ0v) is 16.7. The van der Waals surface area contributed by atoms with E-state index in [0.29, 0.717) is 31.5 Å². The smallest absolute Gasteiger partial charge is 0.253 e. The van der Waals surface area contributed by atoms with Crippen LogP contribution in [0.4, 0.5) is 4.39 Å². The first kappa shape index (κ1) is 21.0. The lowest BCUT2D eigenvalue weighted by Crippen LogP contribution is -2.43. The van der Waals surface area contributed by atoms with Crippen LogP contribution in [0.1, 0.15) is 23.2 Å². The highest BCUT2D eigenvalue weighted by Crippen LogP contribution is 2.19. The number of piperidine rings is 1. The maximum Gasteiger partial charge on any atom is 0.253 e. The average Bonchev–Trinajstić information content (AvgIpc) is 2.74. The Labute approximate surface area is 169 Å². The third kappa shape index (κ3) is 5.41. The fourth-order valence-electron chi connectivity index (χ4n) is 3.32. The van der Waals surface area contributed by atoms with Gasteiger partial charge in [-0.1, -0.05) is 18.2 Å². The van der Waals surface area contributed by atoms with Crippen molar-refractivity contribution in [3.63, 3.8) is 0 Å². The van der Waals surface area contributed by atoms with Crippen LogP contribution in [0.5, 0.6) is 0 Å². The summed E-state index contributed by atoms with van der Waals surface area (Å²) >= 11 is 0. The summed E-state index contributed by atoms with van der Waals surface area (Å²) in [5, 5.41) is 2.70. The number of hydrogen-bond donors (Lipinski definition) is 1. The molecule has 1 saturated heterocycles. The average molecular weight is 418 g/mol. The molecule has 1 aliphatic rings. The molecular weight excluding hydrogens is 395 g/mol. The van der Waals surface area contributed by atoms with Crippen LogP contribution in [-0.2, 0) is 14.6 Å². The molecule has 0 saturated carbocycles. The van der Waals surface area contributed by atoms with E-state index in [1.165, 1.54) is 36.4 Å². The molecule has 29 heavy (non-hydrogen) atoms. The second-order valence-corrected chi connectivity index (χ2v) is 9.11. The number of likely N-dealkylation sites (tertiary alicyclic amines) is 1. The van der Waals surface area contributed by atoms with Gasteiger partial charge in [0, 0.05) is 31.1 Å². The number of rotatable bonds is 6. The Bertz CT molecular complexity index is 954. The maximum absolute atomic E-state index is 13.0. The van der Waals surface area contributed by atoms with Gasteiger partial charge in [-0.2, -0.15) is 0 Å². The van der Waals surface area contributed by atoms with E-state index >= 15 is 0 Å². The highest BCUT2D eigenvalue weighted by molar-refractivity contribution is 7.91. The fourth-order valence-corrected chi connectivity index (χ4v) is 4.50. The number of sulfone groups is 1. The molecule has 1 N–H and O–H groups in total. The molecule has 0 radical (unpaired) electrons. The molecule has 3 rings (SSSR count). The lowest BCUT2D eigenvalue weighted by Gasteiger charge is -2.31. The summed E-state index contributed by atoms with van der Waals surface area (Å²) in [4.78, 5) is 26.7. The molecule has 8 heteroatoms. The second kappa shape index (κ2) is 9.17. The number of halogens is 1. The number of amides is 2. The minimum atomic E-state index is -3.43. The Morgan fingerprint density at radius 1 is 1.00 bits per heavy atom. The Kier molecular flexibility index (Phi) is 6.64.